The molecule has 0 aliphatic heterocycles. The third kappa shape index (κ3) is 2.51. The number of hydrogen-bond acceptors (Lipinski definition) is 3. The number of rotatable bonds is 3. The highest BCUT2D eigenvalue weighted by Gasteiger charge is 2.11. The van der Waals surface area contributed by atoms with Gasteiger partial charge in [0.05, 0.1) is 12.1 Å². The number of aromatic amines is 2. The van der Waals surface area contributed by atoms with Crippen LogP contribution in [0.2, 0.25) is 0 Å². The molecule has 1 unspecified atom stereocenters. The summed E-state index contributed by atoms with van der Waals surface area (Å²) in [6, 6.07) is 8.03. The molecule has 1 aromatic carbocycles. The number of hydrogen-bond donors (Lipinski definition) is 3. The van der Waals surface area contributed by atoms with Crippen molar-refractivity contribution in [3.63, 3.8) is 0 Å². The second-order valence-corrected chi connectivity index (χ2v) is 5.96. The lowest BCUT2D eigenvalue weighted by atomic mass is 9.99. The summed E-state index contributed by atoms with van der Waals surface area (Å²) in [5, 5.41) is 0. The van der Waals surface area contributed by atoms with E-state index in [1.54, 1.807) is 6.20 Å². The van der Waals surface area contributed by atoms with Crippen LogP contribution in [0, 0.1) is 11.7 Å². The van der Waals surface area contributed by atoms with Crippen LogP contribution in [0.1, 0.15) is 29.7 Å². The third-order valence-electron chi connectivity index (χ3n) is 3.83. The molecule has 0 amide bonds. The van der Waals surface area contributed by atoms with E-state index < -0.39 is 0 Å². The minimum Gasteiger partial charge on any atom is -0.355 e. The molecule has 1 atom stereocenters. The van der Waals surface area contributed by atoms with E-state index in [0.717, 1.165) is 16.6 Å². The number of aryl methyl sites for hydroxylation is 1. The van der Waals surface area contributed by atoms with Crippen molar-refractivity contribution in [2.45, 2.75) is 26.4 Å². The smallest absolute Gasteiger partial charge is 0.276 e. The van der Waals surface area contributed by atoms with Gasteiger partial charge in [0.15, 0.2) is 4.77 Å². The van der Waals surface area contributed by atoms with E-state index in [0.29, 0.717) is 16.8 Å². The predicted molar refractivity (Wildman–Crippen MR) is 90.6 cm³/mol. The van der Waals surface area contributed by atoms with Gasteiger partial charge in [0.25, 0.3) is 5.56 Å². The normalized spacial score (nSPS) is 12.7. The summed E-state index contributed by atoms with van der Waals surface area (Å²) in [4.78, 5) is 17.6. The molecule has 0 fully saturated rings. The first kappa shape index (κ1) is 14.7. The quantitative estimate of drug-likeness (QED) is 0.650. The maximum atomic E-state index is 11.9. The van der Waals surface area contributed by atoms with Crippen LogP contribution in [-0.2, 0) is 6.54 Å². The van der Waals surface area contributed by atoms with Crippen LogP contribution in [0.3, 0.4) is 0 Å². The second kappa shape index (κ2) is 5.55. The molecule has 5 nitrogen and oxygen atoms in total. The van der Waals surface area contributed by atoms with Gasteiger partial charge in [0.2, 0.25) is 0 Å². The van der Waals surface area contributed by atoms with Gasteiger partial charge in [-0.15, -0.1) is 0 Å². The molecule has 0 saturated heterocycles. The molecular formula is C16H18N4OS. The summed E-state index contributed by atoms with van der Waals surface area (Å²) in [6.07, 6.45) is 1.74. The van der Waals surface area contributed by atoms with Crippen molar-refractivity contribution in [1.29, 1.82) is 0 Å². The standard InChI is InChI=1S/C16H18N4OS/c1-9-3-4-11(12(7-9)10(2)17)8-20-13-5-6-18-14(13)15(21)19-16(20)22/h3-7,10,18H,8,17H2,1-2H3,(H,19,21,22). The summed E-state index contributed by atoms with van der Waals surface area (Å²) in [6.45, 7) is 4.59. The average Bonchev–Trinajstić information content (AvgIpc) is 2.94. The van der Waals surface area contributed by atoms with Crippen molar-refractivity contribution >= 4 is 23.3 Å². The van der Waals surface area contributed by atoms with E-state index in [1.165, 1.54) is 5.56 Å². The van der Waals surface area contributed by atoms with Crippen molar-refractivity contribution in [2.24, 2.45) is 5.73 Å². The van der Waals surface area contributed by atoms with E-state index >= 15 is 0 Å². The fraction of sp³-hybridized carbons (Fsp3) is 0.250. The van der Waals surface area contributed by atoms with Gasteiger partial charge < -0.3 is 15.3 Å². The van der Waals surface area contributed by atoms with Gasteiger partial charge in [0.1, 0.15) is 5.52 Å². The number of nitrogens with two attached hydrogens (primary N) is 1. The van der Waals surface area contributed by atoms with Gasteiger partial charge in [-0.2, -0.15) is 0 Å². The van der Waals surface area contributed by atoms with Crippen LogP contribution in [-0.4, -0.2) is 14.5 Å². The van der Waals surface area contributed by atoms with Crippen molar-refractivity contribution in [3.05, 3.63) is 62.3 Å². The van der Waals surface area contributed by atoms with Gasteiger partial charge in [-0.3, -0.25) is 9.78 Å². The van der Waals surface area contributed by atoms with Gasteiger partial charge in [-0.1, -0.05) is 23.8 Å². The van der Waals surface area contributed by atoms with Crippen LogP contribution in [0.25, 0.3) is 11.0 Å². The van der Waals surface area contributed by atoms with Gasteiger partial charge in [-0.25, -0.2) is 0 Å². The monoisotopic (exact) mass is 314 g/mol. The zero-order valence-electron chi connectivity index (χ0n) is 12.5. The summed E-state index contributed by atoms with van der Waals surface area (Å²) in [5.74, 6) is 0. The zero-order chi connectivity index (χ0) is 15.9. The van der Waals surface area contributed by atoms with Gasteiger partial charge >= 0.3 is 0 Å². The Balaban J connectivity index is 2.18. The summed E-state index contributed by atoms with van der Waals surface area (Å²) in [5.41, 5.74) is 10.6. The highest BCUT2D eigenvalue weighted by atomic mass is 32.1. The lowest BCUT2D eigenvalue weighted by Gasteiger charge is -2.16. The number of H-pyrrole nitrogens is 2. The molecule has 0 saturated carbocycles. The fourth-order valence-electron chi connectivity index (χ4n) is 2.71. The zero-order valence-corrected chi connectivity index (χ0v) is 13.3. The molecule has 6 heteroatoms. The summed E-state index contributed by atoms with van der Waals surface area (Å²) in [7, 11) is 0. The van der Waals surface area contributed by atoms with Crippen LogP contribution in [0.4, 0.5) is 0 Å². The van der Waals surface area contributed by atoms with E-state index in [1.807, 2.05) is 24.5 Å². The lowest BCUT2D eigenvalue weighted by Crippen LogP contribution is -2.16. The first-order valence-corrected chi connectivity index (χ1v) is 7.53. The highest BCUT2D eigenvalue weighted by molar-refractivity contribution is 7.71. The Kier molecular flexibility index (Phi) is 3.72. The maximum Gasteiger partial charge on any atom is 0.276 e. The van der Waals surface area contributed by atoms with Crippen LogP contribution < -0.4 is 11.3 Å². The van der Waals surface area contributed by atoms with E-state index in [4.69, 9.17) is 18.0 Å². The van der Waals surface area contributed by atoms with Crippen molar-refractivity contribution < 1.29 is 0 Å². The van der Waals surface area contributed by atoms with E-state index in [2.05, 4.69) is 28.2 Å². The van der Waals surface area contributed by atoms with Crippen LogP contribution in [0.5, 0.6) is 0 Å². The Morgan fingerprint density at radius 2 is 2.14 bits per heavy atom. The third-order valence-corrected chi connectivity index (χ3v) is 4.15. The largest absolute Gasteiger partial charge is 0.355 e. The molecule has 0 aliphatic rings. The Labute approximate surface area is 132 Å². The molecule has 3 aromatic rings. The number of aromatic nitrogens is 3. The molecule has 3 rings (SSSR count). The Bertz CT molecular complexity index is 949. The topological polar surface area (TPSA) is 79.6 Å². The number of benzene rings is 1. The minimum atomic E-state index is -0.197. The first-order valence-electron chi connectivity index (χ1n) is 7.12. The molecule has 2 heterocycles. The molecule has 0 radical (unpaired) electrons. The Hall–Kier alpha value is -2.18. The van der Waals surface area contributed by atoms with Gasteiger partial charge in [-0.05, 0) is 43.3 Å². The molecule has 22 heavy (non-hydrogen) atoms. The average molecular weight is 314 g/mol. The maximum absolute atomic E-state index is 11.9. The summed E-state index contributed by atoms with van der Waals surface area (Å²) < 4.78 is 2.33. The molecule has 0 spiro atoms. The molecule has 4 N–H and O–H groups in total. The number of nitrogens with zero attached hydrogens (tertiary/aromatic N) is 1. The number of fused-ring (bicyclic) bond motifs is 1. The summed E-state index contributed by atoms with van der Waals surface area (Å²) >= 11 is 5.33. The molecule has 0 bridgehead atoms. The lowest BCUT2D eigenvalue weighted by molar-refractivity contribution is 0.741. The fourth-order valence-corrected chi connectivity index (χ4v) is 2.97. The van der Waals surface area contributed by atoms with Crippen LogP contribution >= 0.6 is 12.2 Å². The Morgan fingerprint density at radius 1 is 1.36 bits per heavy atom. The van der Waals surface area contributed by atoms with Crippen molar-refractivity contribution in [3.8, 4) is 0 Å². The van der Waals surface area contributed by atoms with Crippen molar-refractivity contribution in [1.82, 2.24) is 14.5 Å². The molecule has 0 aliphatic carbocycles. The van der Waals surface area contributed by atoms with E-state index in [9.17, 15) is 4.79 Å². The molecular weight excluding hydrogens is 296 g/mol. The molecule has 114 valence electrons. The van der Waals surface area contributed by atoms with Crippen LogP contribution in [0.15, 0.2) is 35.3 Å². The minimum absolute atomic E-state index is 0.0615. The van der Waals surface area contributed by atoms with E-state index in [-0.39, 0.29) is 11.6 Å². The van der Waals surface area contributed by atoms with Gasteiger partial charge in [0, 0.05) is 12.2 Å². The SMILES string of the molecule is Cc1ccc(Cn2c(=S)[nH]c(=O)c3[nH]ccc32)c(C(C)N)c1. The highest BCUT2D eigenvalue weighted by Crippen LogP contribution is 2.20. The first-order chi connectivity index (χ1) is 10.5. The second-order valence-electron chi connectivity index (χ2n) is 5.57. The predicted octanol–water partition coefficient (Wildman–Crippen LogP) is 2.76. The Morgan fingerprint density at radius 3 is 2.86 bits per heavy atom. The number of nitrogens with one attached hydrogen (secondary N) is 2. The molecule has 2 aromatic heterocycles. The van der Waals surface area contributed by atoms with Crippen molar-refractivity contribution in [2.75, 3.05) is 0 Å².